The molecule has 118 valence electrons. The normalized spacial score (nSPS) is 9.78. The summed E-state index contributed by atoms with van der Waals surface area (Å²) >= 11 is 0. The van der Waals surface area contributed by atoms with Crippen LogP contribution >= 0.6 is 0 Å². The average molecular weight is 312 g/mol. The summed E-state index contributed by atoms with van der Waals surface area (Å²) < 4.78 is 4.67. The van der Waals surface area contributed by atoms with E-state index in [2.05, 4.69) is 31.9 Å². The highest BCUT2D eigenvalue weighted by Crippen LogP contribution is 2.15. The Morgan fingerprint density at radius 2 is 2.17 bits per heavy atom. The highest BCUT2D eigenvalue weighted by Gasteiger charge is 2.09. The third kappa shape index (κ3) is 4.37. The van der Waals surface area contributed by atoms with Gasteiger partial charge in [0.25, 0.3) is 5.91 Å². The molecule has 23 heavy (non-hydrogen) atoms. The van der Waals surface area contributed by atoms with E-state index in [4.69, 9.17) is 0 Å². The number of anilines is 2. The third-order valence-corrected chi connectivity index (χ3v) is 2.83. The Balaban J connectivity index is 2.16. The number of hydrogen-bond acceptors (Lipinski definition) is 6. The van der Waals surface area contributed by atoms with Crippen LogP contribution in [0.4, 0.5) is 11.6 Å². The van der Waals surface area contributed by atoms with Crippen molar-refractivity contribution in [2.24, 2.45) is 0 Å². The molecule has 0 radical (unpaired) electrons. The molecule has 7 heteroatoms. The van der Waals surface area contributed by atoms with Crippen LogP contribution in [0.3, 0.4) is 0 Å². The fourth-order valence-electron chi connectivity index (χ4n) is 1.77. The van der Waals surface area contributed by atoms with E-state index in [1.54, 1.807) is 30.3 Å². The minimum Gasteiger partial charge on any atom is -0.465 e. The fraction of sp³-hybridized carbons (Fsp3) is 0.125. The summed E-state index contributed by atoms with van der Waals surface area (Å²) in [4.78, 5) is 31.6. The van der Waals surface area contributed by atoms with Gasteiger partial charge in [0, 0.05) is 18.4 Å². The second kappa shape index (κ2) is 7.69. The van der Waals surface area contributed by atoms with Crippen molar-refractivity contribution < 1.29 is 14.3 Å². The number of hydrogen-bond donors (Lipinski definition) is 2. The lowest BCUT2D eigenvalue weighted by molar-refractivity contribution is 0.0600. The predicted octanol–water partition coefficient (Wildman–Crippen LogP) is 1.92. The van der Waals surface area contributed by atoms with E-state index in [0.29, 0.717) is 17.8 Å². The molecule has 1 aromatic carbocycles. The van der Waals surface area contributed by atoms with E-state index < -0.39 is 5.97 Å². The first-order valence-corrected chi connectivity index (χ1v) is 6.81. The van der Waals surface area contributed by atoms with Crippen molar-refractivity contribution in [3.05, 3.63) is 60.4 Å². The lowest BCUT2D eigenvalue weighted by Crippen LogP contribution is -2.24. The first-order chi connectivity index (χ1) is 11.1. The van der Waals surface area contributed by atoms with E-state index >= 15 is 0 Å². The number of rotatable bonds is 6. The van der Waals surface area contributed by atoms with Gasteiger partial charge in [0.15, 0.2) is 0 Å². The summed E-state index contributed by atoms with van der Waals surface area (Å²) in [6.45, 7) is 3.89. The van der Waals surface area contributed by atoms with Gasteiger partial charge in [-0.05, 0) is 24.3 Å². The smallest absolute Gasteiger partial charge is 0.337 e. The highest BCUT2D eigenvalue weighted by atomic mass is 16.5. The molecule has 0 saturated heterocycles. The number of nitrogens with zero attached hydrogens (tertiary/aromatic N) is 2. The van der Waals surface area contributed by atoms with Gasteiger partial charge in [-0.25, -0.2) is 14.8 Å². The zero-order valence-corrected chi connectivity index (χ0v) is 12.6. The van der Waals surface area contributed by atoms with Crippen LogP contribution in [-0.2, 0) is 4.74 Å². The second-order valence-corrected chi connectivity index (χ2v) is 4.46. The van der Waals surface area contributed by atoms with E-state index in [1.807, 2.05) is 0 Å². The Labute approximate surface area is 133 Å². The summed E-state index contributed by atoms with van der Waals surface area (Å²) in [5, 5.41) is 5.58. The van der Waals surface area contributed by atoms with Crippen LogP contribution in [0.5, 0.6) is 0 Å². The molecule has 0 unspecified atom stereocenters. The van der Waals surface area contributed by atoms with Gasteiger partial charge in [-0.1, -0.05) is 12.1 Å². The number of methoxy groups -OCH3 is 1. The number of benzene rings is 1. The van der Waals surface area contributed by atoms with Gasteiger partial charge in [0.05, 0.1) is 12.7 Å². The number of ether oxygens (including phenoxy) is 1. The van der Waals surface area contributed by atoms with Crippen LogP contribution < -0.4 is 10.6 Å². The molecule has 0 atom stereocenters. The van der Waals surface area contributed by atoms with Crippen molar-refractivity contribution in [2.75, 3.05) is 19.0 Å². The summed E-state index contributed by atoms with van der Waals surface area (Å²) in [5.41, 5.74) is 1.24. The first kappa shape index (κ1) is 16.2. The molecule has 0 bridgehead atoms. The summed E-state index contributed by atoms with van der Waals surface area (Å²) in [6.07, 6.45) is 3.05. The Hall–Kier alpha value is -3.22. The van der Waals surface area contributed by atoms with Gasteiger partial charge in [-0.3, -0.25) is 4.79 Å². The van der Waals surface area contributed by atoms with Crippen LogP contribution in [0.1, 0.15) is 20.8 Å². The number of aromatic nitrogens is 2. The summed E-state index contributed by atoms with van der Waals surface area (Å²) in [7, 11) is 1.32. The minimum absolute atomic E-state index is 0.230. The molecule has 0 saturated carbocycles. The Bertz CT molecular complexity index is 731. The van der Waals surface area contributed by atoms with Gasteiger partial charge < -0.3 is 15.4 Å². The van der Waals surface area contributed by atoms with Crippen molar-refractivity contribution in [1.29, 1.82) is 0 Å². The third-order valence-electron chi connectivity index (χ3n) is 2.83. The van der Waals surface area contributed by atoms with Crippen LogP contribution in [0.15, 0.2) is 49.2 Å². The van der Waals surface area contributed by atoms with Crippen LogP contribution in [-0.4, -0.2) is 35.5 Å². The molecule has 1 heterocycles. The van der Waals surface area contributed by atoms with Crippen molar-refractivity contribution in [1.82, 2.24) is 15.3 Å². The second-order valence-electron chi connectivity index (χ2n) is 4.46. The zero-order valence-electron chi connectivity index (χ0n) is 12.6. The molecule has 2 aromatic rings. The maximum absolute atomic E-state index is 11.9. The number of nitrogens with one attached hydrogen (secondary N) is 2. The Morgan fingerprint density at radius 3 is 2.91 bits per heavy atom. The molecule has 2 rings (SSSR count). The molecule has 2 N–H and O–H groups in total. The van der Waals surface area contributed by atoms with E-state index in [-0.39, 0.29) is 17.5 Å². The van der Waals surface area contributed by atoms with Gasteiger partial charge >= 0.3 is 5.97 Å². The lowest BCUT2D eigenvalue weighted by atomic mass is 10.2. The zero-order chi connectivity index (χ0) is 16.7. The average Bonchev–Trinajstić information content (AvgIpc) is 2.59. The molecular weight excluding hydrogens is 296 g/mol. The summed E-state index contributed by atoms with van der Waals surface area (Å²) in [5.74, 6) is -0.510. The largest absolute Gasteiger partial charge is 0.465 e. The number of amides is 1. The summed E-state index contributed by atoms with van der Waals surface area (Å²) in [6, 6.07) is 8.21. The van der Waals surface area contributed by atoms with Gasteiger partial charge in [0.1, 0.15) is 5.69 Å². The molecule has 0 fully saturated rings. The lowest BCUT2D eigenvalue weighted by Gasteiger charge is -2.07. The number of carbonyl (C=O) groups is 2. The Morgan fingerprint density at radius 1 is 1.35 bits per heavy atom. The van der Waals surface area contributed by atoms with Gasteiger partial charge in [-0.2, -0.15) is 0 Å². The van der Waals surface area contributed by atoms with Crippen LogP contribution in [0, 0.1) is 0 Å². The molecule has 0 spiro atoms. The van der Waals surface area contributed by atoms with Crippen molar-refractivity contribution in [2.45, 2.75) is 0 Å². The molecule has 7 nitrogen and oxygen atoms in total. The topological polar surface area (TPSA) is 93.2 Å². The molecule has 0 aliphatic heterocycles. The predicted molar refractivity (Wildman–Crippen MR) is 85.6 cm³/mol. The first-order valence-electron chi connectivity index (χ1n) is 6.81. The van der Waals surface area contributed by atoms with Crippen molar-refractivity contribution in [3.63, 3.8) is 0 Å². The van der Waals surface area contributed by atoms with E-state index in [9.17, 15) is 9.59 Å². The van der Waals surface area contributed by atoms with Gasteiger partial charge in [0.2, 0.25) is 5.95 Å². The van der Waals surface area contributed by atoms with Gasteiger partial charge in [-0.15, -0.1) is 6.58 Å². The standard InChI is InChI=1S/C16H16N4O3/c1-3-8-17-14(21)13-7-9-18-16(20-13)19-12-6-4-5-11(10-12)15(22)23-2/h3-7,9-10H,1,8H2,2H3,(H,17,21)(H,18,19,20). The number of carbonyl (C=O) groups excluding carboxylic acids is 2. The molecule has 0 aliphatic rings. The van der Waals surface area contributed by atoms with Crippen molar-refractivity contribution >= 4 is 23.5 Å². The molecular formula is C16H16N4O3. The maximum Gasteiger partial charge on any atom is 0.337 e. The van der Waals surface area contributed by atoms with Crippen LogP contribution in [0.25, 0.3) is 0 Å². The molecule has 1 aromatic heterocycles. The highest BCUT2D eigenvalue weighted by molar-refractivity contribution is 5.92. The minimum atomic E-state index is -0.438. The Kier molecular flexibility index (Phi) is 5.40. The van der Waals surface area contributed by atoms with Crippen molar-refractivity contribution in [3.8, 4) is 0 Å². The quantitative estimate of drug-likeness (QED) is 0.625. The maximum atomic E-state index is 11.9. The SMILES string of the molecule is C=CCNC(=O)c1ccnc(Nc2cccc(C(=O)OC)c2)n1. The molecule has 0 aliphatic carbocycles. The molecule has 1 amide bonds. The number of esters is 1. The van der Waals surface area contributed by atoms with E-state index in [0.717, 1.165) is 0 Å². The van der Waals surface area contributed by atoms with Crippen LogP contribution in [0.2, 0.25) is 0 Å². The van der Waals surface area contributed by atoms with E-state index in [1.165, 1.54) is 19.4 Å². The monoisotopic (exact) mass is 312 g/mol. The fourth-order valence-corrected chi connectivity index (χ4v) is 1.77.